The maximum absolute atomic E-state index is 14.5. The van der Waals surface area contributed by atoms with Crippen LogP contribution < -0.4 is 0 Å². The highest BCUT2D eigenvalue weighted by Crippen LogP contribution is 2.69. The lowest BCUT2D eigenvalue weighted by Crippen LogP contribution is -2.56. The molecule has 0 aromatic heterocycles. The van der Waals surface area contributed by atoms with Gasteiger partial charge in [0.25, 0.3) is 0 Å². The Hall–Kier alpha value is -0.910. The molecule has 10 atom stereocenters. The Morgan fingerprint density at radius 1 is 0.795 bits per heavy atom. The largest absolute Gasteiger partial charge is 0.390 e. The zero-order chi connectivity index (χ0) is 31.8. The van der Waals surface area contributed by atoms with Crippen LogP contribution in [0.15, 0.2) is 35.2 Å². The predicted octanol–water partition coefficient (Wildman–Crippen LogP) is 8.99. The molecule has 1 aromatic rings. The van der Waals surface area contributed by atoms with Crippen molar-refractivity contribution in [2.75, 3.05) is 0 Å². The van der Waals surface area contributed by atoms with Crippen LogP contribution in [0.2, 0.25) is 0 Å². The van der Waals surface area contributed by atoms with E-state index in [4.69, 9.17) is 0 Å². The van der Waals surface area contributed by atoms with E-state index >= 15 is 0 Å². The third-order valence-electron chi connectivity index (χ3n) is 15.5. The maximum Gasteiger partial charge on any atom is 0.181 e. The van der Waals surface area contributed by atoms with Gasteiger partial charge in [-0.15, -0.1) is 0 Å². The molecule has 5 heteroatoms. The number of fused-ring (bicyclic) bond motifs is 5. The van der Waals surface area contributed by atoms with Crippen LogP contribution in [0.1, 0.15) is 138 Å². The standard InChI is InChI=1S/C39H62O4S/c1-7-35(3)19-23-39(41,24-20-35)26-34(44(42,43)29-11-9-8-10-12-29)27(2)31-15-16-32-30-14-13-28-25-36(4,40)21-22-37(28,5)33(30)17-18-38(31,32)6/h8-12,27-28,30-34,40-41H,7,13-26H2,1-6H3/t27-,28-,30-,31+,32-,33-,34?,35?,36-,37-,38+,39?/m0/s1. The summed E-state index contributed by atoms with van der Waals surface area (Å²) in [5.41, 5.74) is -0.705. The van der Waals surface area contributed by atoms with Crippen molar-refractivity contribution in [1.82, 2.24) is 0 Å². The van der Waals surface area contributed by atoms with Gasteiger partial charge < -0.3 is 10.2 Å². The predicted molar refractivity (Wildman–Crippen MR) is 179 cm³/mol. The van der Waals surface area contributed by atoms with Crippen LogP contribution in [-0.2, 0) is 9.84 Å². The molecule has 0 radical (unpaired) electrons. The van der Waals surface area contributed by atoms with E-state index in [0.29, 0.717) is 53.2 Å². The van der Waals surface area contributed by atoms with Gasteiger partial charge in [0.2, 0.25) is 0 Å². The first-order chi connectivity index (χ1) is 20.6. The lowest BCUT2D eigenvalue weighted by Gasteiger charge is -2.62. The number of sulfone groups is 1. The van der Waals surface area contributed by atoms with Crippen LogP contribution in [0.3, 0.4) is 0 Å². The number of hydrogen-bond donors (Lipinski definition) is 2. The van der Waals surface area contributed by atoms with Gasteiger partial charge >= 0.3 is 0 Å². The van der Waals surface area contributed by atoms with Crippen molar-refractivity contribution in [3.63, 3.8) is 0 Å². The quantitative estimate of drug-likeness (QED) is 0.317. The molecule has 5 aliphatic carbocycles. The molecule has 5 aliphatic rings. The second kappa shape index (κ2) is 11.4. The summed E-state index contributed by atoms with van der Waals surface area (Å²) in [5, 5.41) is 22.4. The van der Waals surface area contributed by atoms with E-state index in [2.05, 4.69) is 34.6 Å². The number of rotatable bonds is 7. The third-order valence-corrected chi connectivity index (χ3v) is 17.9. The van der Waals surface area contributed by atoms with Crippen LogP contribution >= 0.6 is 0 Å². The first kappa shape index (κ1) is 33.0. The first-order valence-electron chi connectivity index (χ1n) is 18.3. The molecule has 1 unspecified atom stereocenters. The molecule has 44 heavy (non-hydrogen) atoms. The van der Waals surface area contributed by atoms with Gasteiger partial charge in [-0.25, -0.2) is 8.42 Å². The lowest BCUT2D eigenvalue weighted by atomic mass is 9.43. The van der Waals surface area contributed by atoms with Crippen molar-refractivity contribution < 1.29 is 18.6 Å². The summed E-state index contributed by atoms with van der Waals surface area (Å²) in [4.78, 5) is 0.414. The van der Waals surface area contributed by atoms with Gasteiger partial charge in [0.1, 0.15) is 0 Å². The zero-order valence-corrected chi connectivity index (χ0v) is 29.5. The highest BCUT2D eigenvalue weighted by atomic mass is 32.2. The molecule has 4 nitrogen and oxygen atoms in total. The van der Waals surface area contributed by atoms with Gasteiger partial charge in [-0.3, -0.25) is 0 Å². The molecule has 0 bridgehead atoms. The molecule has 248 valence electrons. The van der Waals surface area contributed by atoms with Crippen molar-refractivity contribution in [3.8, 4) is 0 Å². The Kier molecular flexibility index (Phi) is 8.52. The van der Waals surface area contributed by atoms with Crippen LogP contribution in [-0.4, -0.2) is 35.1 Å². The normalized spacial score (nSPS) is 47.2. The summed E-state index contributed by atoms with van der Waals surface area (Å²) >= 11 is 0. The third kappa shape index (κ3) is 5.55. The van der Waals surface area contributed by atoms with Gasteiger partial charge in [-0.05, 0) is 161 Å². The summed E-state index contributed by atoms with van der Waals surface area (Å²) in [5.74, 6) is 3.06. The monoisotopic (exact) mass is 626 g/mol. The summed E-state index contributed by atoms with van der Waals surface area (Å²) in [6, 6.07) is 9.10. The van der Waals surface area contributed by atoms with Crippen molar-refractivity contribution >= 4 is 9.84 Å². The van der Waals surface area contributed by atoms with Gasteiger partial charge in [-0.2, -0.15) is 0 Å². The summed E-state index contributed by atoms with van der Waals surface area (Å²) < 4.78 is 29.1. The second-order valence-electron chi connectivity index (χ2n) is 17.9. The van der Waals surface area contributed by atoms with Crippen molar-refractivity contribution in [3.05, 3.63) is 30.3 Å². The molecular weight excluding hydrogens is 564 g/mol. The minimum atomic E-state index is -3.62. The molecule has 0 amide bonds. The number of aliphatic hydroxyl groups is 2. The summed E-state index contributed by atoms with van der Waals surface area (Å²) in [6.45, 7) is 13.9. The average molecular weight is 627 g/mol. The molecule has 6 rings (SSSR count). The summed E-state index contributed by atoms with van der Waals surface area (Å²) in [7, 11) is -3.62. The van der Waals surface area contributed by atoms with Crippen LogP contribution in [0.5, 0.6) is 0 Å². The van der Waals surface area contributed by atoms with Crippen LogP contribution in [0.25, 0.3) is 0 Å². The molecule has 0 saturated heterocycles. The molecule has 0 spiro atoms. The van der Waals surface area contributed by atoms with Crippen molar-refractivity contribution in [2.45, 2.75) is 159 Å². The second-order valence-corrected chi connectivity index (χ2v) is 20.1. The molecule has 0 aliphatic heterocycles. The minimum absolute atomic E-state index is 0.00744. The molecule has 0 heterocycles. The Balaban J connectivity index is 1.27. The lowest BCUT2D eigenvalue weighted by molar-refractivity contribution is -0.148. The molecular formula is C39H62O4S. The topological polar surface area (TPSA) is 74.6 Å². The van der Waals surface area contributed by atoms with E-state index in [9.17, 15) is 18.6 Å². The number of hydrogen-bond acceptors (Lipinski definition) is 4. The molecule has 5 fully saturated rings. The Morgan fingerprint density at radius 2 is 1.45 bits per heavy atom. The highest BCUT2D eigenvalue weighted by Gasteiger charge is 2.62. The first-order valence-corrected chi connectivity index (χ1v) is 19.8. The Morgan fingerprint density at radius 3 is 2.11 bits per heavy atom. The average Bonchev–Trinajstić information content (AvgIpc) is 3.35. The minimum Gasteiger partial charge on any atom is -0.390 e. The molecule has 1 aromatic carbocycles. The van der Waals surface area contributed by atoms with E-state index in [1.165, 1.54) is 32.1 Å². The SMILES string of the molecule is CCC1(C)CCC(O)(CC([C@@H](C)[C@H]2CC[C@H]3[C@@H]4CC[C@H]5C[C@@](C)(O)CC[C@]5(C)[C@H]4CC[C@]23C)S(=O)(=O)c2ccccc2)CC1. The van der Waals surface area contributed by atoms with E-state index in [0.717, 1.165) is 50.9 Å². The van der Waals surface area contributed by atoms with Gasteiger partial charge in [-0.1, -0.05) is 59.2 Å². The van der Waals surface area contributed by atoms with E-state index in [1.54, 1.807) is 12.1 Å². The zero-order valence-electron chi connectivity index (χ0n) is 28.7. The molecule has 2 N–H and O–H groups in total. The fourth-order valence-electron chi connectivity index (χ4n) is 12.2. The van der Waals surface area contributed by atoms with Gasteiger partial charge in [0, 0.05) is 0 Å². The van der Waals surface area contributed by atoms with Gasteiger partial charge in [0.05, 0.1) is 21.3 Å². The molecule has 5 saturated carbocycles. The highest BCUT2D eigenvalue weighted by molar-refractivity contribution is 7.92. The van der Waals surface area contributed by atoms with E-state index < -0.39 is 26.3 Å². The van der Waals surface area contributed by atoms with Crippen LogP contribution in [0, 0.1) is 51.8 Å². The number of benzene rings is 1. The van der Waals surface area contributed by atoms with Crippen molar-refractivity contribution in [1.29, 1.82) is 0 Å². The smallest absolute Gasteiger partial charge is 0.181 e. The Bertz CT molecular complexity index is 1280. The van der Waals surface area contributed by atoms with Crippen LogP contribution in [0.4, 0.5) is 0 Å². The summed E-state index contributed by atoms with van der Waals surface area (Å²) in [6.07, 6.45) is 15.0. The van der Waals surface area contributed by atoms with E-state index in [-0.39, 0.29) is 16.7 Å². The van der Waals surface area contributed by atoms with Gasteiger partial charge in [0.15, 0.2) is 9.84 Å². The Labute approximate surface area is 269 Å². The maximum atomic E-state index is 14.5. The van der Waals surface area contributed by atoms with Crippen molar-refractivity contribution in [2.24, 2.45) is 51.8 Å². The fourth-order valence-corrected chi connectivity index (χ4v) is 14.4. The van der Waals surface area contributed by atoms with E-state index in [1.807, 2.05) is 25.1 Å². The fraction of sp³-hybridized carbons (Fsp3) is 0.846.